The molecule has 3 rings (SSSR count). The van der Waals surface area contributed by atoms with Crippen LogP contribution in [0.3, 0.4) is 0 Å². The molecule has 1 aromatic heterocycles. The molecule has 0 aliphatic heterocycles. The van der Waals surface area contributed by atoms with E-state index in [2.05, 4.69) is 10.3 Å². The number of nitrogens with one attached hydrogen (secondary N) is 1. The lowest BCUT2D eigenvalue weighted by Gasteiger charge is -2.00. The Hall–Kier alpha value is -2.36. The molecule has 0 atom stereocenters. The van der Waals surface area contributed by atoms with Crippen LogP contribution in [0.1, 0.15) is 5.56 Å². The van der Waals surface area contributed by atoms with Gasteiger partial charge in [0.1, 0.15) is 11.3 Å². The van der Waals surface area contributed by atoms with Crippen molar-refractivity contribution >= 4 is 16.8 Å². The summed E-state index contributed by atoms with van der Waals surface area (Å²) in [6.07, 6.45) is 0. The Morgan fingerprint density at radius 2 is 2.00 bits per heavy atom. The van der Waals surface area contributed by atoms with Crippen molar-refractivity contribution in [3.63, 3.8) is 0 Å². The van der Waals surface area contributed by atoms with Crippen molar-refractivity contribution in [2.75, 3.05) is 12.4 Å². The molecule has 4 heteroatoms. The fraction of sp³-hybridized carbons (Fsp3) is 0.133. The van der Waals surface area contributed by atoms with Crippen molar-refractivity contribution < 1.29 is 8.81 Å². The van der Waals surface area contributed by atoms with Gasteiger partial charge in [-0.1, -0.05) is 12.1 Å². The average molecular weight is 256 g/mol. The summed E-state index contributed by atoms with van der Waals surface area (Å²) >= 11 is 0. The van der Waals surface area contributed by atoms with Gasteiger partial charge in [0.15, 0.2) is 5.58 Å². The number of hydrogen-bond acceptors (Lipinski definition) is 3. The first-order valence-electron chi connectivity index (χ1n) is 6.03. The van der Waals surface area contributed by atoms with E-state index in [0.29, 0.717) is 17.0 Å². The fourth-order valence-electron chi connectivity index (χ4n) is 2.09. The summed E-state index contributed by atoms with van der Waals surface area (Å²) in [5.74, 6) is -0.0231. The normalized spacial score (nSPS) is 10.9. The van der Waals surface area contributed by atoms with Crippen LogP contribution in [-0.4, -0.2) is 12.0 Å². The quantitative estimate of drug-likeness (QED) is 0.753. The Morgan fingerprint density at radius 1 is 1.21 bits per heavy atom. The molecule has 0 unspecified atom stereocenters. The molecule has 0 saturated heterocycles. The molecule has 3 nitrogen and oxygen atoms in total. The van der Waals surface area contributed by atoms with Gasteiger partial charge in [0.05, 0.1) is 5.56 Å². The van der Waals surface area contributed by atoms with Crippen molar-refractivity contribution in [3.8, 4) is 11.5 Å². The first-order chi connectivity index (χ1) is 9.19. The summed E-state index contributed by atoms with van der Waals surface area (Å²) in [7, 11) is 1.85. The van der Waals surface area contributed by atoms with Crippen LogP contribution in [-0.2, 0) is 0 Å². The van der Waals surface area contributed by atoms with Gasteiger partial charge in [-0.05, 0) is 36.8 Å². The molecule has 0 saturated carbocycles. The van der Waals surface area contributed by atoms with Gasteiger partial charge in [0.25, 0.3) is 0 Å². The van der Waals surface area contributed by atoms with E-state index in [1.807, 2.05) is 26.1 Å². The maximum atomic E-state index is 13.7. The largest absolute Gasteiger partial charge is 0.436 e. The second-order valence-corrected chi connectivity index (χ2v) is 4.39. The topological polar surface area (TPSA) is 38.1 Å². The number of aryl methyl sites for hydroxylation is 1. The lowest BCUT2D eigenvalue weighted by atomic mass is 10.2. The van der Waals surface area contributed by atoms with Gasteiger partial charge >= 0.3 is 0 Å². The summed E-state index contributed by atoms with van der Waals surface area (Å²) in [6.45, 7) is 1.94. The van der Waals surface area contributed by atoms with E-state index >= 15 is 0 Å². The summed E-state index contributed by atoms with van der Waals surface area (Å²) in [5, 5.41) is 3.06. The van der Waals surface area contributed by atoms with Gasteiger partial charge in [-0.15, -0.1) is 0 Å². The van der Waals surface area contributed by atoms with Gasteiger partial charge in [-0.3, -0.25) is 0 Å². The van der Waals surface area contributed by atoms with Gasteiger partial charge in [0.2, 0.25) is 5.89 Å². The number of fused-ring (bicyclic) bond motifs is 1. The Kier molecular flexibility index (Phi) is 2.71. The zero-order valence-electron chi connectivity index (χ0n) is 10.7. The number of nitrogens with zero attached hydrogens (tertiary/aromatic N) is 1. The highest BCUT2D eigenvalue weighted by atomic mass is 19.1. The Balaban J connectivity index is 2.22. The van der Waals surface area contributed by atoms with Crippen LogP contribution in [0.25, 0.3) is 22.6 Å². The van der Waals surface area contributed by atoms with Crippen LogP contribution in [0.4, 0.5) is 10.1 Å². The molecule has 0 radical (unpaired) electrons. The van der Waals surface area contributed by atoms with Crippen molar-refractivity contribution in [2.24, 2.45) is 0 Å². The van der Waals surface area contributed by atoms with Crippen molar-refractivity contribution in [3.05, 3.63) is 47.8 Å². The van der Waals surface area contributed by atoms with Gasteiger partial charge in [-0.25, -0.2) is 9.37 Å². The lowest BCUT2D eigenvalue weighted by Crippen LogP contribution is -1.88. The van der Waals surface area contributed by atoms with Crippen LogP contribution in [0.15, 0.2) is 40.8 Å². The Labute approximate surface area is 110 Å². The number of aromatic nitrogens is 1. The molecule has 1 heterocycles. The number of anilines is 1. The van der Waals surface area contributed by atoms with E-state index in [0.717, 1.165) is 16.8 Å². The summed E-state index contributed by atoms with van der Waals surface area (Å²) in [6, 6.07) is 10.3. The number of hydrogen-bond donors (Lipinski definition) is 1. The summed E-state index contributed by atoms with van der Waals surface area (Å²) in [5.41, 5.74) is 3.72. The zero-order valence-corrected chi connectivity index (χ0v) is 10.7. The molecule has 0 aliphatic carbocycles. The Morgan fingerprint density at radius 3 is 2.74 bits per heavy atom. The molecular weight excluding hydrogens is 243 g/mol. The minimum absolute atomic E-state index is 0.310. The minimum atomic E-state index is -0.333. The summed E-state index contributed by atoms with van der Waals surface area (Å²) < 4.78 is 19.4. The lowest BCUT2D eigenvalue weighted by molar-refractivity contribution is 0.592. The van der Waals surface area contributed by atoms with Crippen LogP contribution < -0.4 is 5.32 Å². The highest BCUT2D eigenvalue weighted by molar-refractivity contribution is 5.83. The van der Waals surface area contributed by atoms with E-state index in [4.69, 9.17) is 4.42 Å². The third-order valence-corrected chi connectivity index (χ3v) is 3.07. The predicted octanol–water partition coefficient (Wildman–Crippen LogP) is 3.98. The van der Waals surface area contributed by atoms with E-state index in [-0.39, 0.29) is 5.82 Å². The highest BCUT2D eigenvalue weighted by Gasteiger charge is 2.13. The molecule has 0 aliphatic rings. The monoisotopic (exact) mass is 256 g/mol. The van der Waals surface area contributed by atoms with Crippen molar-refractivity contribution in [1.29, 1.82) is 0 Å². The van der Waals surface area contributed by atoms with E-state index in [1.165, 1.54) is 6.07 Å². The number of halogens is 1. The smallest absolute Gasteiger partial charge is 0.230 e. The van der Waals surface area contributed by atoms with Crippen LogP contribution in [0.5, 0.6) is 0 Å². The third-order valence-electron chi connectivity index (χ3n) is 3.07. The van der Waals surface area contributed by atoms with Gasteiger partial charge in [0, 0.05) is 12.7 Å². The molecule has 2 aromatic carbocycles. The van der Waals surface area contributed by atoms with Gasteiger partial charge in [-0.2, -0.15) is 0 Å². The van der Waals surface area contributed by atoms with E-state index in [9.17, 15) is 4.39 Å². The Bertz CT molecular complexity index is 749. The van der Waals surface area contributed by atoms with Crippen LogP contribution in [0.2, 0.25) is 0 Å². The van der Waals surface area contributed by atoms with Gasteiger partial charge < -0.3 is 9.73 Å². The highest BCUT2D eigenvalue weighted by Crippen LogP contribution is 2.29. The maximum Gasteiger partial charge on any atom is 0.230 e. The van der Waals surface area contributed by atoms with Crippen molar-refractivity contribution in [2.45, 2.75) is 6.92 Å². The van der Waals surface area contributed by atoms with E-state index in [1.54, 1.807) is 18.2 Å². The zero-order chi connectivity index (χ0) is 13.4. The molecule has 0 bridgehead atoms. The van der Waals surface area contributed by atoms with E-state index < -0.39 is 0 Å². The fourth-order valence-corrected chi connectivity index (χ4v) is 2.09. The number of oxazole rings is 1. The van der Waals surface area contributed by atoms with Crippen molar-refractivity contribution in [1.82, 2.24) is 4.98 Å². The molecule has 0 fully saturated rings. The molecular formula is C15H13FN2O. The molecule has 19 heavy (non-hydrogen) atoms. The maximum absolute atomic E-state index is 13.7. The SMILES string of the molecule is CNc1cc(C)c2oc(-c3ccccc3F)nc2c1. The molecule has 0 spiro atoms. The first-order valence-corrected chi connectivity index (χ1v) is 6.03. The standard InChI is InChI=1S/C15H13FN2O/c1-9-7-10(17-2)8-13-14(9)19-15(18-13)11-5-3-4-6-12(11)16/h3-8,17H,1-2H3. The molecule has 0 amide bonds. The number of rotatable bonds is 2. The average Bonchev–Trinajstić information content (AvgIpc) is 2.83. The number of benzene rings is 2. The molecule has 96 valence electrons. The van der Waals surface area contributed by atoms with Crippen LogP contribution >= 0.6 is 0 Å². The summed E-state index contributed by atoms with van der Waals surface area (Å²) in [4.78, 5) is 4.37. The minimum Gasteiger partial charge on any atom is -0.436 e. The molecule has 3 aromatic rings. The third kappa shape index (κ3) is 1.95. The second-order valence-electron chi connectivity index (χ2n) is 4.39. The first kappa shape index (κ1) is 11.7. The van der Waals surface area contributed by atoms with Crippen LogP contribution in [0, 0.1) is 12.7 Å². The predicted molar refractivity (Wildman–Crippen MR) is 73.7 cm³/mol. The second kappa shape index (κ2) is 4.39. The molecule has 1 N–H and O–H groups in total.